The van der Waals surface area contributed by atoms with Gasteiger partial charge in [-0.1, -0.05) is 32.0 Å². The third-order valence-corrected chi connectivity index (χ3v) is 3.12. The summed E-state index contributed by atoms with van der Waals surface area (Å²) >= 11 is 0. The van der Waals surface area contributed by atoms with E-state index in [0.717, 1.165) is 39.0 Å². The van der Waals surface area contributed by atoms with Crippen molar-refractivity contribution in [1.82, 2.24) is 5.32 Å². The van der Waals surface area contributed by atoms with Crippen LogP contribution in [-0.2, 0) is 4.79 Å². The van der Waals surface area contributed by atoms with Crippen LogP contribution in [0.1, 0.15) is 45.4 Å². The number of halogens is 3. The van der Waals surface area contributed by atoms with Gasteiger partial charge in [-0.05, 0) is 12.8 Å². The van der Waals surface area contributed by atoms with Gasteiger partial charge in [0.05, 0.1) is 0 Å². The van der Waals surface area contributed by atoms with Crippen LogP contribution in [0.25, 0.3) is 0 Å². The minimum Gasteiger partial charge on any atom is -0.449 e. The summed E-state index contributed by atoms with van der Waals surface area (Å²) in [7, 11) is 0. The summed E-state index contributed by atoms with van der Waals surface area (Å²) in [5, 5.41) is 2.69. The van der Waals surface area contributed by atoms with Gasteiger partial charge in [-0.2, -0.15) is 0 Å². The van der Waals surface area contributed by atoms with E-state index < -0.39 is 25.1 Å². The van der Waals surface area contributed by atoms with Crippen molar-refractivity contribution in [3.8, 4) is 0 Å². The minimum atomic E-state index is -4.89. The number of rotatable bonds is 4. The molecule has 1 atom stereocenters. The molecule has 1 N–H and O–H groups in total. The summed E-state index contributed by atoms with van der Waals surface area (Å²) in [6, 6.07) is 0.0918. The third kappa shape index (κ3) is 7.20. The van der Waals surface area contributed by atoms with Crippen molar-refractivity contribution in [1.29, 1.82) is 0 Å². The van der Waals surface area contributed by atoms with E-state index in [4.69, 9.17) is 0 Å². The molecule has 0 aromatic rings. The van der Waals surface area contributed by atoms with Gasteiger partial charge in [-0.3, -0.25) is 4.79 Å². The van der Waals surface area contributed by atoms with Crippen LogP contribution in [0.3, 0.4) is 0 Å². The molecule has 1 aliphatic rings. The first-order valence-electron chi connectivity index (χ1n) is 5.89. The molecule has 0 aliphatic heterocycles. The van der Waals surface area contributed by atoms with Gasteiger partial charge in [0.1, 0.15) is 0 Å². The fourth-order valence-corrected chi connectivity index (χ4v) is 1.96. The monoisotopic (exact) mass is 275 g/mol. The molecule has 1 aliphatic carbocycles. The quantitative estimate of drug-likeness (QED) is 0.723. The molecule has 0 unspecified atom stereocenters. The molecule has 0 heterocycles. The molecule has 0 saturated heterocycles. The Bertz CT molecular complexity index is 244. The van der Waals surface area contributed by atoms with E-state index >= 15 is 0 Å². The van der Waals surface area contributed by atoms with Crippen molar-refractivity contribution in [3.05, 3.63) is 0 Å². The molecule has 1 rings (SSSR count). The number of hydrogen-bond acceptors (Lipinski definition) is 1. The summed E-state index contributed by atoms with van der Waals surface area (Å²) in [4.78, 5) is 11.4. The van der Waals surface area contributed by atoms with E-state index in [1.807, 2.05) is 0 Å². The fourth-order valence-electron chi connectivity index (χ4n) is 1.96. The second-order valence-electron chi connectivity index (χ2n) is 4.71. The van der Waals surface area contributed by atoms with Crippen molar-refractivity contribution >= 4 is 12.9 Å². The second kappa shape index (κ2) is 8.20. The molecule has 17 heavy (non-hydrogen) atoms. The number of carbonyl (C=O) groups is 1. The molecular formula is C10H18BF3KNO. The molecule has 0 aromatic carbocycles. The maximum atomic E-state index is 12.3. The maximum Gasteiger partial charge on any atom is 1.00 e. The van der Waals surface area contributed by atoms with E-state index in [0.29, 0.717) is 0 Å². The first-order valence-corrected chi connectivity index (χ1v) is 5.89. The maximum absolute atomic E-state index is 12.3. The smallest absolute Gasteiger partial charge is 0.449 e. The molecule has 1 fully saturated rings. The summed E-state index contributed by atoms with van der Waals surface area (Å²) < 4.78 is 36.8. The summed E-state index contributed by atoms with van der Waals surface area (Å²) in [5.74, 6) is -1.96. The topological polar surface area (TPSA) is 29.1 Å². The zero-order valence-electron chi connectivity index (χ0n) is 10.5. The SMILES string of the molecule is C[C@H](CC(=O)NC1CCCCC1)[B-](F)(F)F.[K+]. The predicted octanol–water partition coefficient (Wildman–Crippen LogP) is 0.0669. The van der Waals surface area contributed by atoms with Crippen LogP contribution in [0.4, 0.5) is 12.9 Å². The van der Waals surface area contributed by atoms with Crippen LogP contribution in [-0.4, -0.2) is 18.9 Å². The van der Waals surface area contributed by atoms with Crippen molar-refractivity contribution in [2.75, 3.05) is 0 Å². The van der Waals surface area contributed by atoms with Crippen LogP contribution < -0.4 is 56.7 Å². The number of amides is 1. The van der Waals surface area contributed by atoms with Gasteiger partial charge in [0.25, 0.3) is 0 Å². The fraction of sp³-hybridized carbons (Fsp3) is 0.900. The molecule has 1 amide bonds. The van der Waals surface area contributed by atoms with Gasteiger partial charge in [-0.25, -0.2) is 0 Å². The average Bonchev–Trinajstić information content (AvgIpc) is 2.17. The van der Waals surface area contributed by atoms with Gasteiger partial charge >= 0.3 is 58.4 Å². The average molecular weight is 275 g/mol. The number of hydrogen-bond donors (Lipinski definition) is 1. The van der Waals surface area contributed by atoms with Crippen LogP contribution >= 0.6 is 0 Å². The van der Waals surface area contributed by atoms with E-state index in [1.54, 1.807) is 0 Å². The normalized spacial score (nSPS) is 19.3. The molecule has 7 heteroatoms. The minimum absolute atomic E-state index is 0. The van der Waals surface area contributed by atoms with Gasteiger partial charge in [-0.15, -0.1) is 0 Å². The van der Waals surface area contributed by atoms with Gasteiger partial charge in [0.2, 0.25) is 5.91 Å². The Balaban J connectivity index is 0.00000256. The van der Waals surface area contributed by atoms with Crippen LogP contribution in [0.15, 0.2) is 0 Å². The van der Waals surface area contributed by atoms with Gasteiger partial charge in [0.15, 0.2) is 0 Å². The third-order valence-electron chi connectivity index (χ3n) is 3.12. The molecular weight excluding hydrogens is 257 g/mol. The Morgan fingerprint density at radius 2 is 1.82 bits per heavy atom. The Morgan fingerprint density at radius 1 is 1.29 bits per heavy atom. The Hall–Kier alpha value is 0.961. The zero-order valence-corrected chi connectivity index (χ0v) is 13.6. The van der Waals surface area contributed by atoms with Crippen LogP contribution in [0.2, 0.25) is 5.82 Å². The van der Waals surface area contributed by atoms with Crippen molar-refractivity contribution < 1.29 is 69.1 Å². The molecule has 0 spiro atoms. The van der Waals surface area contributed by atoms with Crippen molar-refractivity contribution in [3.63, 3.8) is 0 Å². The largest absolute Gasteiger partial charge is 1.00 e. The predicted molar refractivity (Wildman–Crippen MR) is 58.1 cm³/mol. The van der Waals surface area contributed by atoms with Crippen molar-refractivity contribution in [2.24, 2.45) is 0 Å². The molecule has 2 nitrogen and oxygen atoms in total. The first-order chi connectivity index (χ1) is 7.39. The van der Waals surface area contributed by atoms with E-state index in [1.165, 1.54) is 0 Å². The Labute approximate surface area is 143 Å². The van der Waals surface area contributed by atoms with E-state index in [2.05, 4.69) is 5.32 Å². The molecule has 0 bridgehead atoms. The first kappa shape index (κ1) is 18.0. The Morgan fingerprint density at radius 3 is 2.29 bits per heavy atom. The number of nitrogens with one attached hydrogen (secondary N) is 1. The van der Waals surface area contributed by atoms with E-state index in [-0.39, 0.29) is 57.4 Å². The van der Waals surface area contributed by atoms with Crippen molar-refractivity contribution in [2.45, 2.75) is 57.3 Å². The molecule has 0 radical (unpaired) electrons. The zero-order chi connectivity index (χ0) is 12.2. The van der Waals surface area contributed by atoms with E-state index in [9.17, 15) is 17.7 Å². The second-order valence-corrected chi connectivity index (χ2v) is 4.71. The Kier molecular flexibility index (Phi) is 8.66. The van der Waals surface area contributed by atoms with Crippen LogP contribution in [0, 0.1) is 0 Å². The van der Waals surface area contributed by atoms with Gasteiger partial charge in [0, 0.05) is 12.5 Å². The molecule has 94 valence electrons. The standard InChI is InChI=1S/C10H18BF3NO.K/c1-8(11(12,13)14)7-10(16)15-9-5-3-2-4-6-9;/h8-9H,2-7H2,1H3,(H,15,16);/q-1;+1/t8-;/m1./s1. The van der Waals surface area contributed by atoms with Gasteiger partial charge < -0.3 is 18.3 Å². The number of carbonyl (C=O) groups excluding carboxylic acids is 1. The summed E-state index contributed by atoms with van der Waals surface area (Å²) in [6.45, 7) is -3.82. The molecule has 1 saturated carbocycles. The molecule has 0 aromatic heterocycles. The summed E-state index contributed by atoms with van der Waals surface area (Å²) in [6.07, 6.45) is 4.65. The summed E-state index contributed by atoms with van der Waals surface area (Å²) in [5.41, 5.74) is 0. The van der Waals surface area contributed by atoms with Crippen LogP contribution in [0.5, 0.6) is 0 Å².